The number of fused-ring (bicyclic) bond motifs is 1. The SMILES string of the molecule is COc1cc2nc(N(C)Cc3cccc(NS(=O)O)c3)[nH]c(=O)c2c(C)c1OC. The lowest BCUT2D eigenvalue weighted by Gasteiger charge is -2.19. The molecular formula is C19H22N4O5S. The van der Waals surface area contributed by atoms with Gasteiger partial charge in [0.05, 0.1) is 25.1 Å². The zero-order valence-corrected chi connectivity index (χ0v) is 17.3. The Labute approximate surface area is 170 Å². The van der Waals surface area contributed by atoms with Gasteiger partial charge in [0.25, 0.3) is 16.8 Å². The molecule has 0 aliphatic carbocycles. The van der Waals surface area contributed by atoms with Crippen LogP contribution in [0.25, 0.3) is 10.9 Å². The number of nitrogens with one attached hydrogen (secondary N) is 2. The Balaban J connectivity index is 1.97. The van der Waals surface area contributed by atoms with Crippen molar-refractivity contribution in [3.63, 3.8) is 0 Å². The predicted molar refractivity (Wildman–Crippen MR) is 113 cm³/mol. The quantitative estimate of drug-likeness (QED) is 0.505. The van der Waals surface area contributed by atoms with Gasteiger partial charge in [-0.3, -0.25) is 19.1 Å². The third kappa shape index (κ3) is 4.33. The van der Waals surface area contributed by atoms with Gasteiger partial charge in [-0.2, -0.15) is 0 Å². The number of aromatic nitrogens is 2. The highest BCUT2D eigenvalue weighted by Crippen LogP contribution is 2.35. The van der Waals surface area contributed by atoms with Gasteiger partial charge in [0, 0.05) is 30.9 Å². The average molecular weight is 418 g/mol. The number of aryl methyl sites for hydroxylation is 1. The second-order valence-electron chi connectivity index (χ2n) is 6.43. The Morgan fingerprint density at radius 3 is 2.69 bits per heavy atom. The monoisotopic (exact) mass is 418 g/mol. The van der Waals surface area contributed by atoms with Crippen LogP contribution in [0.2, 0.25) is 0 Å². The molecule has 0 bridgehead atoms. The molecule has 1 atom stereocenters. The zero-order valence-electron chi connectivity index (χ0n) is 16.5. The number of aromatic amines is 1. The molecule has 0 amide bonds. The number of anilines is 2. The van der Waals surface area contributed by atoms with Crippen LogP contribution in [0, 0.1) is 6.92 Å². The lowest BCUT2D eigenvalue weighted by atomic mass is 10.1. The fraction of sp³-hybridized carbons (Fsp3) is 0.263. The molecule has 0 saturated carbocycles. The molecule has 3 N–H and O–H groups in total. The highest BCUT2D eigenvalue weighted by Gasteiger charge is 2.17. The highest BCUT2D eigenvalue weighted by atomic mass is 32.2. The minimum absolute atomic E-state index is 0.276. The molecule has 0 aliphatic rings. The number of benzene rings is 2. The van der Waals surface area contributed by atoms with Crippen molar-refractivity contribution in [3.05, 3.63) is 51.8 Å². The van der Waals surface area contributed by atoms with Crippen molar-refractivity contribution in [3.8, 4) is 11.5 Å². The molecule has 0 saturated heterocycles. The maximum atomic E-state index is 12.7. The molecule has 29 heavy (non-hydrogen) atoms. The van der Waals surface area contributed by atoms with Crippen molar-refractivity contribution < 1.29 is 18.2 Å². The standard InChI is InChI=1S/C19H22N4O5S/c1-11-16-14(9-15(27-3)17(11)28-4)20-19(21-18(16)24)23(2)10-12-6-5-7-13(8-12)22-29(25)26/h5-9,22H,10H2,1-4H3,(H,25,26)(H,20,21,24). The second-order valence-corrected chi connectivity index (χ2v) is 7.13. The van der Waals surface area contributed by atoms with Crippen LogP contribution < -0.4 is 24.7 Å². The number of rotatable bonds is 7. The van der Waals surface area contributed by atoms with E-state index < -0.39 is 11.3 Å². The molecular weight excluding hydrogens is 396 g/mol. The molecule has 154 valence electrons. The van der Waals surface area contributed by atoms with Gasteiger partial charge in [-0.25, -0.2) is 9.19 Å². The molecule has 0 spiro atoms. The van der Waals surface area contributed by atoms with E-state index in [9.17, 15) is 9.00 Å². The molecule has 9 nitrogen and oxygen atoms in total. The van der Waals surface area contributed by atoms with E-state index >= 15 is 0 Å². The maximum Gasteiger partial charge on any atom is 0.260 e. The summed E-state index contributed by atoms with van der Waals surface area (Å²) in [7, 11) is 4.85. The summed E-state index contributed by atoms with van der Waals surface area (Å²) in [6.45, 7) is 2.21. The van der Waals surface area contributed by atoms with Crippen molar-refractivity contribution in [2.45, 2.75) is 13.5 Å². The summed E-state index contributed by atoms with van der Waals surface area (Å²) >= 11 is -2.15. The molecule has 0 radical (unpaired) electrons. The van der Waals surface area contributed by atoms with Crippen LogP contribution >= 0.6 is 0 Å². The molecule has 1 unspecified atom stereocenters. The summed E-state index contributed by atoms with van der Waals surface area (Å²) in [5, 5.41) is 0.441. The summed E-state index contributed by atoms with van der Waals surface area (Å²) in [6.07, 6.45) is 0. The number of methoxy groups -OCH3 is 2. The van der Waals surface area contributed by atoms with E-state index in [1.807, 2.05) is 6.07 Å². The Hall–Kier alpha value is -3.11. The smallest absolute Gasteiger partial charge is 0.260 e. The summed E-state index contributed by atoms with van der Waals surface area (Å²) in [6, 6.07) is 8.77. The largest absolute Gasteiger partial charge is 0.493 e. The van der Waals surface area contributed by atoms with Gasteiger partial charge in [-0.15, -0.1) is 0 Å². The predicted octanol–water partition coefficient (Wildman–Crippen LogP) is 2.43. The number of ether oxygens (including phenoxy) is 2. The van der Waals surface area contributed by atoms with Crippen molar-refractivity contribution in [2.24, 2.45) is 0 Å². The Kier molecular flexibility index (Phi) is 6.04. The lowest BCUT2D eigenvalue weighted by Crippen LogP contribution is -2.23. The van der Waals surface area contributed by atoms with Crippen LogP contribution in [0.4, 0.5) is 11.6 Å². The van der Waals surface area contributed by atoms with Crippen molar-refractivity contribution in [2.75, 3.05) is 30.9 Å². The van der Waals surface area contributed by atoms with Gasteiger partial charge in [-0.1, -0.05) is 12.1 Å². The van der Waals surface area contributed by atoms with Crippen LogP contribution in [0.1, 0.15) is 11.1 Å². The number of hydrogen-bond donors (Lipinski definition) is 3. The van der Waals surface area contributed by atoms with E-state index in [0.29, 0.717) is 46.1 Å². The minimum Gasteiger partial charge on any atom is -0.493 e. The summed E-state index contributed by atoms with van der Waals surface area (Å²) in [5.41, 5.74) is 2.26. The Morgan fingerprint density at radius 1 is 1.28 bits per heavy atom. The Bertz CT molecular complexity index is 1130. The lowest BCUT2D eigenvalue weighted by molar-refractivity contribution is 0.354. The summed E-state index contributed by atoms with van der Waals surface area (Å²) in [4.78, 5) is 21.9. The van der Waals surface area contributed by atoms with Crippen LogP contribution in [0.5, 0.6) is 11.5 Å². The van der Waals surface area contributed by atoms with Crippen LogP contribution in [0.3, 0.4) is 0 Å². The first-order chi connectivity index (χ1) is 13.8. The van der Waals surface area contributed by atoms with E-state index in [4.69, 9.17) is 14.0 Å². The van der Waals surface area contributed by atoms with E-state index in [0.717, 1.165) is 5.56 Å². The summed E-state index contributed by atoms with van der Waals surface area (Å²) < 4.78 is 33.1. The number of hydrogen-bond acceptors (Lipinski definition) is 6. The normalized spacial score (nSPS) is 11.9. The molecule has 0 fully saturated rings. The first-order valence-electron chi connectivity index (χ1n) is 8.67. The van der Waals surface area contributed by atoms with E-state index in [1.165, 1.54) is 14.2 Å². The molecule has 2 aromatic carbocycles. The van der Waals surface area contributed by atoms with E-state index in [-0.39, 0.29) is 5.56 Å². The molecule has 3 rings (SSSR count). The highest BCUT2D eigenvalue weighted by molar-refractivity contribution is 7.80. The van der Waals surface area contributed by atoms with Crippen LogP contribution in [-0.2, 0) is 17.8 Å². The van der Waals surface area contributed by atoms with E-state index in [2.05, 4.69) is 14.7 Å². The fourth-order valence-corrected chi connectivity index (χ4v) is 3.53. The van der Waals surface area contributed by atoms with Gasteiger partial charge >= 0.3 is 0 Å². The van der Waals surface area contributed by atoms with E-state index in [1.54, 1.807) is 43.1 Å². The van der Waals surface area contributed by atoms with Gasteiger partial charge in [0.1, 0.15) is 0 Å². The van der Waals surface area contributed by atoms with Gasteiger partial charge in [0.15, 0.2) is 11.5 Å². The number of H-pyrrole nitrogens is 1. The molecule has 3 aromatic rings. The van der Waals surface area contributed by atoms with Crippen molar-refractivity contribution in [1.82, 2.24) is 9.97 Å². The molecule has 1 heterocycles. The van der Waals surface area contributed by atoms with Gasteiger partial charge in [-0.05, 0) is 24.6 Å². The van der Waals surface area contributed by atoms with Crippen LogP contribution in [-0.4, -0.2) is 40.0 Å². The fourth-order valence-electron chi connectivity index (χ4n) is 3.20. The third-order valence-electron chi connectivity index (χ3n) is 4.48. The third-order valence-corrected chi connectivity index (χ3v) is 4.89. The average Bonchev–Trinajstić information content (AvgIpc) is 2.66. The van der Waals surface area contributed by atoms with Crippen molar-refractivity contribution in [1.29, 1.82) is 0 Å². The molecule has 1 aromatic heterocycles. The summed E-state index contributed by atoms with van der Waals surface area (Å²) in [5.74, 6) is 1.39. The maximum absolute atomic E-state index is 12.7. The van der Waals surface area contributed by atoms with Gasteiger partial charge < -0.3 is 14.4 Å². The van der Waals surface area contributed by atoms with Gasteiger partial charge in [0.2, 0.25) is 5.95 Å². The van der Waals surface area contributed by atoms with Crippen molar-refractivity contribution >= 4 is 33.8 Å². The van der Waals surface area contributed by atoms with Crippen LogP contribution in [0.15, 0.2) is 35.1 Å². The minimum atomic E-state index is -2.15. The Morgan fingerprint density at radius 2 is 2.03 bits per heavy atom. The zero-order chi connectivity index (χ0) is 21.1. The number of nitrogens with zero attached hydrogens (tertiary/aromatic N) is 2. The molecule has 10 heteroatoms. The first kappa shape index (κ1) is 20.6. The second kappa shape index (κ2) is 8.50. The first-order valence-corrected chi connectivity index (χ1v) is 9.78. The molecule has 0 aliphatic heterocycles. The topological polar surface area (TPSA) is 117 Å².